The van der Waals surface area contributed by atoms with Crippen LogP contribution in [0.4, 0.5) is 8.78 Å². The molecule has 0 heterocycles. The second kappa shape index (κ2) is 8.46. The fraction of sp³-hybridized carbons (Fsp3) is 0.429. The van der Waals surface area contributed by atoms with E-state index in [1.54, 1.807) is 31.3 Å². The third-order valence-electron chi connectivity index (χ3n) is 2.36. The topological polar surface area (TPSA) is 32.7 Å². The van der Waals surface area contributed by atoms with E-state index in [1.165, 1.54) is 4.90 Å². The minimum absolute atomic E-state index is 0.172. The molecule has 0 aromatic heterocycles. The van der Waals surface area contributed by atoms with Gasteiger partial charge in [-0.3, -0.25) is 4.90 Å². The molecule has 19 heavy (non-hydrogen) atoms. The van der Waals surface area contributed by atoms with Crippen LogP contribution in [0.2, 0.25) is 0 Å². The monoisotopic (exact) mass is 269 g/mol. The number of likely N-dealkylation sites (N-methyl/N-ethyl adjacent to an activating group) is 1. The van der Waals surface area contributed by atoms with Gasteiger partial charge in [0.15, 0.2) is 0 Å². The molecule has 0 saturated carbocycles. The van der Waals surface area contributed by atoms with Crippen LogP contribution in [-0.4, -0.2) is 49.8 Å². The van der Waals surface area contributed by atoms with Crippen molar-refractivity contribution in [2.75, 3.05) is 33.4 Å². The van der Waals surface area contributed by atoms with E-state index >= 15 is 0 Å². The van der Waals surface area contributed by atoms with E-state index in [9.17, 15) is 8.78 Å². The van der Waals surface area contributed by atoms with Crippen LogP contribution < -0.4 is 4.74 Å². The number of hydrogen-bond acceptors (Lipinski definition) is 3. The molecule has 0 unspecified atom stereocenters. The van der Waals surface area contributed by atoms with Gasteiger partial charge in [-0.25, -0.2) is 8.78 Å². The van der Waals surface area contributed by atoms with Gasteiger partial charge >= 0.3 is 0 Å². The largest absolute Gasteiger partial charge is 0.492 e. The molecule has 0 radical (unpaired) electrons. The molecule has 1 N–H and O–H groups in total. The summed E-state index contributed by atoms with van der Waals surface area (Å²) in [5.41, 5.74) is 0.788. The van der Waals surface area contributed by atoms with Crippen LogP contribution in [0, 0.1) is 11.8 Å². The molecule has 3 nitrogen and oxygen atoms in total. The molecule has 0 spiro atoms. The van der Waals surface area contributed by atoms with Crippen molar-refractivity contribution in [3.8, 4) is 17.6 Å². The highest BCUT2D eigenvalue weighted by molar-refractivity contribution is 5.38. The van der Waals surface area contributed by atoms with E-state index in [-0.39, 0.29) is 13.2 Å². The summed E-state index contributed by atoms with van der Waals surface area (Å²) in [6.07, 6.45) is -2.32. The highest BCUT2D eigenvalue weighted by Gasteiger charge is 2.07. The zero-order chi connectivity index (χ0) is 14.1. The Kier molecular flexibility index (Phi) is 6.86. The zero-order valence-electron chi connectivity index (χ0n) is 10.8. The Labute approximate surface area is 111 Å². The summed E-state index contributed by atoms with van der Waals surface area (Å²) in [6, 6.07) is 7.07. The summed E-state index contributed by atoms with van der Waals surface area (Å²) < 4.78 is 29.6. The summed E-state index contributed by atoms with van der Waals surface area (Å²) in [5, 5.41) is 8.56. The maximum atomic E-state index is 12.1. The Morgan fingerprint density at radius 3 is 2.58 bits per heavy atom. The lowest BCUT2D eigenvalue weighted by Gasteiger charge is -2.16. The zero-order valence-corrected chi connectivity index (χ0v) is 10.8. The van der Waals surface area contributed by atoms with Gasteiger partial charge in [0, 0.05) is 12.1 Å². The Morgan fingerprint density at radius 1 is 1.32 bits per heavy atom. The van der Waals surface area contributed by atoms with Crippen molar-refractivity contribution in [3.63, 3.8) is 0 Å². The van der Waals surface area contributed by atoms with Crippen molar-refractivity contribution in [1.82, 2.24) is 4.90 Å². The van der Waals surface area contributed by atoms with E-state index in [1.807, 2.05) is 0 Å². The first-order valence-corrected chi connectivity index (χ1v) is 5.91. The van der Waals surface area contributed by atoms with Crippen LogP contribution in [0.15, 0.2) is 24.3 Å². The van der Waals surface area contributed by atoms with Gasteiger partial charge in [0.1, 0.15) is 19.0 Å². The van der Waals surface area contributed by atoms with Crippen LogP contribution in [-0.2, 0) is 0 Å². The van der Waals surface area contributed by atoms with Crippen LogP contribution in [0.1, 0.15) is 5.56 Å². The van der Waals surface area contributed by atoms with Crippen LogP contribution in [0.25, 0.3) is 0 Å². The van der Waals surface area contributed by atoms with Crippen LogP contribution in [0.5, 0.6) is 5.75 Å². The molecule has 1 aromatic carbocycles. The number of hydrogen-bond donors (Lipinski definition) is 1. The Balaban J connectivity index is 2.34. The molecule has 0 aliphatic heterocycles. The normalized spacial score (nSPS) is 10.4. The average Bonchev–Trinajstić information content (AvgIpc) is 2.37. The Hall–Kier alpha value is -1.64. The maximum absolute atomic E-state index is 12.1. The molecule has 0 aliphatic rings. The number of nitrogens with zero attached hydrogens (tertiary/aromatic N) is 1. The number of ether oxygens (including phenoxy) is 1. The SMILES string of the molecule is CN(CCOc1ccc(C#CCO)cc1)CC(F)F. The first kappa shape index (κ1) is 15.4. The van der Waals surface area contributed by atoms with Gasteiger partial charge in [-0.1, -0.05) is 11.8 Å². The molecule has 0 aliphatic carbocycles. The van der Waals surface area contributed by atoms with Crippen LogP contribution in [0.3, 0.4) is 0 Å². The Bertz CT molecular complexity index is 423. The quantitative estimate of drug-likeness (QED) is 0.796. The molecule has 0 bridgehead atoms. The first-order chi connectivity index (χ1) is 9.11. The van der Waals surface area contributed by atoms with E-state index < -0.39 is 6.43 Å². The number of aliphatic hydroxyl groups excluding tert-OH is 1. The third-order valence-corrected chi connectivity index (χ3v) is 2.36. The average molecular weight is 269 g/mol. The molecule has 0 atom stereocenters. The summed E-state index contributed by atoms with van der Waals surface area (Å²) in [5.74, 6) is 5.98. The lowest BCUT2D eigenvalue weighted by Crippen LogP contribution is -2.28. The molecule has 5 heteroatoms. The summed E-state index contributed by atoms with van der Waals surface area (Å²) in [4.78, 5) is 1.52. The molecule has 1 rings (SSSR count). The standard InChI is InChI=1S/C14H17F2NO2/c1-17(11-14(15)16)8-10-19-13-6-4-12(5-7-13)3-2-9-18/h4-7,14,18H,8-11H2,1H3. The number of benzene rings is 1. The second-order valence-electron chi connectivity index (χ2n) is 3.99. The van der Waals surface area contributed by atoms with Gasteiger partial charge in [0.25, 0.3) is 6.43 Å². The van der Waals surface area contributed by atoms with Crippen molar-refractivity contribution in [1.29, 1.82) is 0 Å². The van der Waals surface area contributed by atoms with Crippen molar-refractivity contribution >= 4 is 0 Å². The van der Waals surface area contributed by atoms with Gasteiger partial charge in [-0.15, -0.1) is 0 Å². The summed E-state index contributed by atoms with van der Waals surface area (Å²) >= 11 is 0. The van der Waals surface area contributed by atoms with Gasteiger partial charge in [0.05, 0.1) is 6.54 Å². The molecule has 0 amide bonds. The Morgan fingerprint density at radius 2 is 2.00 bits per heavy atom. The minimum atomic E-state index is -2.32. The van der Waals surface area contributed by atoms with Crippen LogP contribution >= 0.6 is 0 Å². The first-order valence-electron chi connectivity index (χ1n) is 5.91. The molecule has 0 fully saturated rings. The lowest BCUT2D eigenvalue weighted by atomic mass is 10.2. The predicted molar refractivity (Wildman–Crippen MR) is 69.4 cm³/mol. The number of aliphatic hydroxyl groups is 1. The highest BCUT2D eigenvalue weighted by Crippen LogP contribution is 2.11. The van der Waals surface area contributed by atoms with Gasteiger partial charge < -0.3 is 9.84 Å². The number of halogens is 2. The predicted octanol–water partition coefficient (Wildman–Crippen LogP) is 1.61. The van der Waals surface area contributed by atoms with Crippen molar-refractivity contribution < 1.29 is 18.6 Å². The number of rotatable bonds is 6. The van der Waals surface area contributed by atoms with E-state index in [2.05, 4.69) is 11.8 Å². The van der Waals surface area contributed by atoms with Crippen molar-refractivity contribution in [2.45, 2.75) is 6.43 Å². The number of alkyl halides is 2. The minimum Gasteiger partial charge on any atom is -0.492 e. The fourth-order valence-corrected chi connectivity index (χ4v) is 1.42. The van der Waals surface area contributed by atoms with Gasteiger partial charge in [-0.05, 0) is 31.3 Å². The van der Waals surface area contributed by atoms with E-state index in [0.29, 0.717) is 18.9 Å². The summed E-state index contributed by atoms with van der Waals surface area (Å²) in [6.45, 7) is 0.370. The fourth-order valence-electron chi connectivity index (χ4n) is 1.42. The van der Waals surface area contributed by atoms with E-state index in [4.69, 9.17) is 9.84 Å². The smallest absolute Gasteiger partial charge is 0.251 e. The maximum Gasteiger partial charge on any atom is 0.251 e. The molecular formula is C14H17F2NO2. The third kappa shape index (κ3) is 6.75. The lowest BCUT2D eigenvalue weighted by molar-refractivity contribution is 0.0935. The molecule has 0 saturated heterocycles. The molecule has 104 valence electrons. The van der Waals surface area contributed by atoms with Gasteiger partial charge in [-0.2, -0.15) is 0 Å². The van der Waals surface area contributed by atoms with E-state index in [0.717, 1.165) is 5.56 Å². The van der Waals surface area contributed by atoms with Gasteiger partial charge in [0.2, 0.25) is 0 Å². The molecule has 1 aromatic rings. The second-order valence-corrected chi connectivity index (χ2v) is 3.99. The van der Waals surface area contributed by atoms with Crippen molar-refractivity contribution in [2.24, 2.45) is 0 Å². The molecular weight excluding hydrogens is 252 g/mol. The summed E-state index contributed by atoms with van der Waals surface area (Å²) in [7, 11) is 1.63. The van der Waals surface area contributed by atoms with Crippen molar-refractivity contribution in [3.05, 3.63) is 29.8 Å². The highest BCUT2D eigenvalue weighted by atomic mass is 19.3.